The minimum atomic E-state index is -0.611. The number of carbonyl (C=O) groups is 1. The molecule has 1 heterocycles. The molecule has 0 radical (unpaired) electrons. The number of amides is 1. The average Bonchev–Trinajstić information content (AvgIpc) is 2.33. The van der Waals surface area contributed by atoms with Crippen molar-refractivity contribution >= 4 is 30.4 Å². The largest absolute Gasteiger partial charge is 0.364 e. The Morgan fingerprint density at radius 3 is 2.73 bits per heavy atom. The summed E-state index contributed by atoms with van der Waals surface area (Å²) in [5.41, 5.74) is 7.33. The Balaban J connectivity index is 0.000001000. The summed E-state index contributed by atoms with van der Waals surface area (Å²) in [5.74, 6) is 4.40. The number of rotatable bonds is 2. The molecule has 7 heteroatoms. The van der Waals surface area contributed by atoms with E-state index in [0.29, 0.717) is 0 Å². The van der Waals surface area contributed by atoms with E-state index in [-0.39, 0.29) is 18.1 Å². The van der Waals surface area contributed by atoms with E-state index in [9.17, 15) is 4.79 Å². The number of nitrogens with zero attached hydrogens (tertiary/aromatic N) is 2. The fourth-order valence-corrected chi connectivity index (χ4v) is 0.624. The van der Waals surface area contributed by atoms with Gasteiger partial charge in [0.25, 0.3) is 5.91 Å². The summed E-state index contributed by atoms with van der Waals surface area (Å²) >= 11 is 0. The molecule has 0 spiro atoms. The van der Waals surface area contributed by atoms with E-state index < -0.39 is 12.1 Å². The van der Waals surface area contributed by atoms with Crippen LogP contribution < -0.4 is 17.0 Å². The van der Waals surface area contributed by atoms with Crippen LogP contribution in [0.4, 0.5) is 0 Å². The molecular formula is C4H8ClN5O. The van der Waals surface area contributed by atoms with Crippen LogP contribution in [0.3, 0.4) is 0 Å². The van der Waals surface area contributed by atoms with Gasteiger partial charge in [-0.25, -0.2) is 15.4 Å². The third-order valence-electron chi connectivity index (χ3n) is 1.08. The second-order valence-electron chi connectivity index (χ2n) is 1.71. The quantitative estimate of drug-likeness (QED) is 0.341. The first-order valence-electron chi connectivity index (χ1n) is 2.61. The van der Waals surface area contributed by atoms with E-state index in [2.05, 4.69) is 15.4 Å². The molecule has 0 saturated carbocycles. The van der Waals surface area contributed by atoms with Crippen LogP contribution in [-0.2, 0) is 4.79 Å². The molecule has 0 fully saturated rings. The van der Waals surface area contributed by atoms with Gasteiger partial charge in [-0.2, -0.15) is 0 Å². The van der Waals surface area contributed by atoms with Crippen LogP contribution in [0.1, 0.15) is 0 Å². The standard InChI is InChI=1S/C4H7N5O.ClH/c5-3(10)2-4(9-6)8-1-7-2;/h1,4,9H,6H2,(H2,5,10);1H. The SMILES string of the molecule is Cl.NNC1N=CN=C1C(N)=O. The van der Waals surface area contributed by atoms with Crippen molar-refractivity contribution in [3.8, 4) is 0 Å². The molecule has 1 unspecified atom stereocenters. The normalized spacial score (nSPS) is 20.8. The number of halogens is 1. The van der Waals surface area contributed by atoms with Gasteiger partial charge in [-0.1, -0.05) is 0 Å². The van der Waals surface area contributed by atoms with Crippen molar-refractivity contribution in [1.82, 2.24) is 5.43 Å². The molecule has 1 aliphatic heterocycles. The Bertz CT molecular complexity index is 213. The molecule has 0 aromatic rings. The van der Waals surface area contributed by atoms with Crippen LogP contribution in [-0.4, -0.2) is 24.1 Å². The maximum atomic E-state index is 10.5. The van der Waals surface area contributed by atoms with Gasteiger partial charge < -0.3 is 5.73 Å². The van der Waals surface area contributed by atoms with Crippen LogP contribution >= 0.6 is 12.4 Å². The number of primary amides is 1. The molecular weight excluding hydrogens is 170 g/mol. The van der Waals surface area contributed by atoms with Gasteiger partial charge in [0.1, 0.15) is 12.1 Å². The van der Waals surface area contributed by atoms with Crippen molar-refractivity contribution in [2.45, 2.75) is 6.17 Å². The first-order valence-corrected chi connectivity index (χ1v) is 2.61. The Labute approximate surface area is 69.1 Å². The lowest BCUT2D eigenvalue weighted by molar-refractivity contribution is -0.112. The van der Waals surface area contributed by atoms with Gasteiger partial charge in [0.2, 0.25) is 0 Å². The summed E-state index contributed by atoms with van der Waals surface area (Å²) in [6.45, 7) is 0. The summed E-state index contributed by atoms with van der Waals surface area (Å²) in [5, 5.41) is 0. The number of nitrogens with one attached hydrogen (secondary N) is 1. The number of hydrogen-bond acceptors (Lipinski definition) is 5. The minimum absolute atomic E-state index is 0. The molecule has 5 N–H and O–H groups in total. The maximum Gasteiger partial charge on any atom is 0.266 e. The van der Waals surface area contributed by atoms with Crippen LogP contribution in [0.2, 0.25) is 0 Å². The number of carbonyl (C=O) groups excluding carboxylic acids is 1. The lowest BCUT2D eigenvalue weighted by Crippen LogP contribution is -2.43. The zero-order chi connectivity index (χ0) is 7.56. The van der Waals surface area contributed by atoms with Crippen LogP contribution in [0.5, 0.6) is 0 Å². The third kappa shape index (κ3) is 1.97. The summed E-state index contributed by atoms with van der Waals surface area (Å²) in [7, 11) is 0. The molecule has 0 saturated heterocycles. The highest BCUT2D eigenvalue weighted by Gasteiger charge is 2.20. The Kier molecular flexibility index (Phi) is 3.66. The third-order valence-corrected chi connectivity index (χ3v) is 1.08. The molecule has 0 aromatic heterocycles. The summed E-state index contributed by atoms with van der Waals surface area (Å²) in [6.07, 6.45) is 0.669. The van der Waals surface area contributed by atoms with E-state index in [1.54, 1.807) is 0 Å². The molecule has 0 aliphatic carbocycles. The van der Waals surface area contributed by atoms with Gasteiger partial charge in [-0.05, 0) is 0 Å². The lowest BCUT2D eigenvalue weighted by Gasteiger charge is -2.04. The fraction of sp³-hybridized carbons (Fsp3) is 0.250. The lowest BCUT2D eigenvalue weighted by atomic mass is 10.3. The van der Waals surface area contributed by atoms with Gasteiger partial charge in [0, 0.05) is 0 Å². The van der Waals surface area contributed by atoms with Gasteiger partial charge in [0.05, 0.1) is 0 Å². The van der Waals surface area contributed by atoms with Gasteiger partial charge in [0.15, 0.2) is 6.17 Å². The second-order valence-corrected chi connectivity index (χ2v) is 1.71. The van der Waals surface area contributed by atoms with Crippen molar-refractivity contribution in [1.29, 1.82) is 0 Å². The molecule has 62 valence electrons. The van der Waals surface area contributed by atoms with Crippen molar-refractivity contribution in [2.24, 2.45) is 21.6 Å². The molecule has 1 amide bonds. The Morgan fingerprint density at radius 2 is 2.36 bits per heavy atom. The predicted octanol–water partition coefficient (Wildman–Crippen LogP) is -1.83. The first kappa shape index (κ1) is 10.0. The van der Waals surface area contributed by atoms with Crippen LogP contribution in [0.25, 0.3) is 0 Å². The molecule has 6 nitrogen and oxygen atoms in total. The minimum Gasteiger partial charge on any atom is -0.364 e. The average molecular weight is 178 g/mol. The van der Waals surface area contributed by atoms with Crippen LogP contribution in [0, 0.1) is 0 Å². The molecule has 1 atom stereocenters. The monoisotopic (exact) mass is 177 g/mol. The highest BCUT2D eigenvalue weighted by Crippen LogP contribution is 1.95. The zero-order valence-electron chi connectivity index (χ0n) is 5.52. The summed E-state index contributed by atoms with van der Waals surface area (Å²) in [4.78, 5) is 17.8. The van der Waals surface area contributed by atoms with Crippen LogP contribution in [0.15, 0.2) is 9.98 Å². The molecule has 1 aliphatic rings. The Morgan fingerprint density at radius 1 is 1.73 bits per heavy atom. The molecule has 1 rings (SSSR count). The number of nitrogens with two attached hydrogens (primary N) is 2. The van der Waals surface area contributed by atoms with Crippen molar-refractivity contribution in [3.05, 3.63) is 0 Å². The molecule has 0 bridgehead atoms. The van der Waals surface area contributed by atoms with Crippen molar-refractivity contribution < 1.29 is 4.79 Å². The smallest absolute Gasteiger partial charge is 0.266 e. The topological polar surface area (TPSA) is 106 Å². The number of hydrazine groups is 1. The highest BCUT2D eigenvalue weighted by atomic mass is 35.5. The van der Waals surface area contributed by atoms with E-state index in [1.807, 2.05) is 0 Å². The van der Waals surface area contributed by atoms with Gasteiger partial charge >= 0.3 is 0 Å². The highest BCUT2D eigenvalue weighted by molar-refractivity contribution is 6.42. The van der Waals surface area contributed by atoms with Crippen molar-refractivity contribution in [3.63, 3.8) is 0 Å². The maximum absolute atomic E-state index is 10.5. The number of aliphatic imine (C=N–C) groups is 2. The first-order chi connectivity index (χ1) is 4.75. The van der Waals surface area contributed by atoms with Crippen molar-refractivity contribution in [2.75, 3.05) is 0 Å². The number of hydrogen-bond donors (Lipinski definition) is 3. The van der Waals surface area contributed by atoms with E-state index in [0.717, 1.165) is 0 Å². The van der Waals surface area contributed by atoms with E-state index in [1.165, 1.54) is 6.34 Å². The predicted molar refractivity (Wildman–Crippen MR) is 43.5 cm³/mol. The van der Waals surface area contributed by atoms with Gasteiger partial charge in [-0.3, -0.25) is 10.6 Å². The summed E-state index contributed by atoms with van der Waals surface area (Å²) < 4.78 is 0. The van der Waals surface area contributed by atoms with E-state index >= 15 is 0 Å². The zero-order valence-corrected chi connectivity index (χ0v) is 6.34. The summed E-state index contributed by atoms with van der Waals surface area (Å²) in [6, 6.07) is 0. The van der Waals surface area contributed by atoms with Gasteiger partial charge in [-0.15, -0.1) is 12.4 Å². The fourth-order valence-electron chi connectivity index (χ4n) is 0.624. The van der Waals surface area contributed by atoms with E-state index in [4.69, 9.17) is 11.6 Å². The molecule has 11 heavy (non-hydrogen) atoms. The Hall–Kier alpha value is -0.980. The second kappa shape index (κ2) is 4.02. The molecule has 0 aromatic carbocycles.